The van der Waals surface area contributed by atoms with Gasteiger partial charge in [-0.2, -0.15) is 0 Å². The molecule has 1 aliphatic rings. The van der Waals surface area contributed by atoms with Crippen LogP contribution in [0, 0.1) is 5.82 Å². The van der Waals surface area contributed by atoms with Crippen LogP contribution in [0.5, 0.6) is 5.75 Å². The summed E-state index contributed by atoms with van der Waals surface area (Å²) in [6, 6.07) is 11.5. The van der Waals surface area contributed by atoms with E-state index in [1.54, 1.807) is 35.2 Å². The molecule has 2 heterocycles. The van der Waals surface area contributed by atoms with E-state index in [0.717, 1.165) is 21.3 Å². The highest BCUT2D eigenvalue weighted by molar-refractivity contribution is 9.10. The number of carbonyl (C=O) groups excluding carboxylic acids is 1. The minimum atomic E-state index is -0.295. The Morgan fingerprint density at radius 2 is 2.07 bits per heavy atom. The van der Waals surface area contributed by atoms with Crippen molar-refractivity contribution in [3.05, 3.63) is 69.0 Å². The molecule has 8 heteroatoms. The van der Waals surface area contributed by atoms with Gasteiger partial charge in [-0.05, 0) is 71.2 Å². The molecular weight excluding hydrogens is 475 g/mol. The molecule has 0 N–H and O–H groups in total. The smallest absolute Gasteiger partial charge is 0.223 e. The summed E-state index contributed by atoms with van der Waals surface area (Å²) >= 11 is 9.33. The van der Waals surface area contributed by atoms with Crippen LogP contribution in [-0.4, -0.2) is 29.1 Å². The van der Waals surface area contributed by atoms with E-state index in [9.17, 15) is 9.18 Å². The fraction of sp³-hybridized carbons (Fsp3) is 0.273. The number of amides is 1. The summed E-state index contributed by atoms with van der Waals surface area (Å²) in [6.45, 7) is 1.46. The molecule has 0 unspecified atom stereocenters. The molecule has 2 aromatic carbocycles. The van der Waals surface area contributed by atoms with Crippen molar-refractivity contribution in [3.63, 3.8) is 0 Å². The van der Waals surface area contributed by atoms with Crippen LogP contribution in [0.15, 0.2) is 51.5 Å². The van der Waals surface area contributed by atoms with Crippen molar-refractivity contribution >= 4 is 33.4 Å². The van der Waals surface area contributed by atoms with Crippen molar-refractivity contribution in [3.8, 4) is 17.1 Å². The first-order chi connectivity index (χ1) is 14.5. The number of carbonyl (C=O) groups is 1. The zero-order valence-electron chi connectivity index (χ0n) is 16.0. The third kappa shape index (κ3) is 4.68. The van der Waals surface area contributed by atoms with Gasteiger partial charge in [0.25, 0.3) is 0 Å². The van der Waals surface area contributed by atoms with E-state index in [2.05, 4.69) is 21.1 Å². The van der Waals surface area contributed by atoms with E-state index >= 15 is 0 Å². The van der Waals surface area contributed by atoms with Crippen LogP contribution >= 0.6 is 27.5 Å². The molecule has 0 atom stereocenters. The Labute approximate surface area is 186 Å². The lowest BCUT2D eigenvalue weighted by atomic mass is 10.0. The van der Waals surface area contributed by atoms with Gasteiger partial charge in [0, 0.05) is 29.1 Å². The summed E-state index contributed by atoms with van der Waals surface area (Å²) in [5, 5.41) is 4.77. The number of nitrogens with zero attached hydrogens (tertiary/aromatic N) is 2. The normalized spacial score (nSPS) is 13.2. The van der Waals surface area contributed by atoms with Crippen molar-refractivity contribution in [2.75, 3.05) is 13.2 Å². The summed E-state index contributed by atoms with van der Waals surface area (Å²) in [6.07, 6.45) is 1.66. The zero-order valence-corrected chi connectivity index (χ0v) is 18.4. The van der Waals surface area contributed by atoms with Crippen LogP contribution in [0.1, 0.15) is 24.1 Å². The van der Waals surface area contributed by atoms with Crippen molar-refractivity contribution < 1.29 is 18.4 Å². The predicted molar refractivity (Wildman–Crippen MR) is 115 cm³/mol. The third-order valence-electron chi connectivity index (χ3n) is 4.99. The molecule has 0 bridgehead atoms. The van der Waals surface area contributed by atoms with Gasteiger partial charge in [0.1, 0.15) is 17.3 Å². The Morgan fingerprint density at radius 3 is 2.83 bits per heavy atom. The second-order valence-electron chi connectivity index (χ2n) is 7.04. The van der Waals surface area contributed by atoms with Gasteiger partial charge in [-0.25, -0.2) is 4.39 Å². The quantitative estimate of drug-likeness (QED) is 0.417. The molecule has 0 aliphatic carbocycles. The highest BCUT2D eigenvalue weighted by Gasteiger charge is 2.27. The van der Waals surface area contributed by atoms with Gasteiger partial charge in [-0.3, -0.25) is 4.79 Å². The first-order valence-electron chi connectivity index (χ1n) is 9.60. The second kappa shape index (κ2) is 9.18. The van der Waals surface area contributed by atoms with Gasteiger partial charge >= 0.3 is 0 Å². The van der Waals surface area contributed by atoms with Crippen molar-refractivity contribution in [2.45, 2.75) is 25.8 Å². The third-order valence-corrected chi connectivity index (χ3v) is 5.84. The summed E-state index contributed by atoms with van der Waals surface area (Å²) in [5.41, 5.74) is 2.53. The van der Waals surface area contributed by atoms with Gasteiger partial charge in [0.05, 0.1) is 17.6 Å². The van der Waals surface area contributed by atoms with E-state index in [1.807, 2.05) is 0 Å². The van der Waals surface area contributed by atoms with E-state index in [1.165, 1.54) is 12.1 Å². The van der Waals surface area contributed by atoms with Gasteiger partial charge in [-0.1, -0.05) is 16.8 Å². The highest BCUT2D eigenvalue weighted by Crippen LogP contribution is 2.31. The molecule has 3 aromatic rings. The maximum absolute atomic E-state index is 13.2. The lowest BCUT2D eigenvalue weighted by molar-refractivity contribution is -0.132. The van der Waals surface area contributed by atoms with Gasteiger partial charge < -0.3 is 14.2 Å². The maximum atomic E-state index is 13.2. The Balaban J connectivity index is 1.30. The van der Waals surface area contributed by atoms with Crippen LogP contribution in [-0.2, 0) is 17.8 Å². The molecule has 4 rings (SSSR count). The molecule has 0 saturated heterocycles. The van der Waals surface area contributed by atoms with Crippen molar-refractivity contribution in [2.24, 2.45) is 0 Å². The zero-order chi connectivity index (χ0) is 21.1. The molecule has 5 nitrogen and oxygen atoms in total. The average Bonchev–Trinajstić information content (AvgIpc) is 3.16. The molecule has 30 heavy (non-hydrogen) atoms. The van der Waals surface area contributed by atoms with Gasteiger partial charge in [0.2, 0.25) is 5.91 Å². The molecule has 1 aliphatic heterocycles. The monoisotopic (exact) mass is 492 g/mol. The fourth-order valence-corrected chi connectivity index (χ4v) is 4.22. The van der Waals surface area contributed by atoms with Crippen molar-refractivity contribution in [1.29, 1.82) is 0 Å². The Bertz CT molecular complexity index is 1060. The Morgan fingerprint density at radius 1 is 1.27 bits per heavy atom. The maximum Gasteiger partial charge on any atom is 0.223 e. The molecule has 0 spiro atoms. The first kappa shape index (κ1) is 20.9. The lowest BCUT2D eigenvalue weighted by Crippen LogP contribution is -2.36. The SMILES string of the molecule is O=C(CCCOc1ccc(Cl)cc1Br)N1CCc2c(noc2-c2ccc(F)cc2)C1. The molecule has 0 fully saturated rings. The topological polar surface area (TPSA) is 55.6 Å². The van der Waals surface area contributed by atoms with E-state index < -0.39 is 0 Å². The molecule has 1 amide bonds. The van der Waals surface area contributed by atoms with Gasteiger partial charge in [-0.15, -0.1) is 0 Å². The number of hydrogen-bond donors (Lipinski definition) is 0. The van der Waals surface area contributed by atoms with Crippen LogP contribution < -0.4 is 4.74 Å². The minimum absolute atomic E-state index is 0.0609. The number of hydrogen-bond acceptors (Lipinski definition) is 4. The van der Waals surface area contributed by atoms with E-state index in [-0.39, 0.29) is 11.7 Å². The van der Waals surface area contributed by atoms with Crippen molar-refractivity contribution in [1.82, 2.24) is 10.1 Å². The summed E-state index contributed by atoms with van der Waals surface area (Å²) < 4.78 is 25.2. The number of benzene rings is 2. The van der Waals surface area contributed by atoms with Crippen LogP contribution in [0.3, 0.4) is 0 Å². The van der Waals surface area contributed by atoms with Crippen LogP contribution in [0.25, 0.3) is 11.3 Å². The standard InChI is InChI=1S/C22H19BrClFN2O3/c23-18-12-15(24)5-8-20(18)29-11-1-2-21(28)27-10-9-17-19(13-27)26-30-22(17)14-3-6-16(25)7-4-14/h3-8,12H,1-2,9-11,13H2. The first-order valence-corrected chi connectivity index (χ1v) is 10.8. The molecule has 0 saturated carbocycles. The predicted octanol–water partition coefficient (Wildman–Crippen LogP) is 5.64. The fourth-order valence-electron chi connectivity index (χ4n) is 3.43. The summed E-state index contributed by atoms with van der Waals surface area (Å²) in [4.78, 5) is 14.4. The van der Waals surface area contributed by atoms with Crippen LogP contribution in [0.4, 0.5) is 4.39 Å². The number of halogens is 3. The number of rotatable bonds is 6. The molecule has 1 aromatic heterocycles. The van der Waals surface area contributed by atoms with Crippen LogP contribution in [0.2, 0.25) is 5.02 Å². The highest BCUT2D eigenvalue weighted by atomic mass is 79.9. The Hall–Kier alpha value is -2.38. The lowest BCUT2D eigenvalue weighted by Gasteiger charge is -2.26. The van der Waals surface area contributed by atoms with E-state index in [0.29, 0.717) is 55.5 Å². The minimum Gasteiger partial charge on any atom is -0.492 e. The summed E-state index contributed by atoms with van der Waals surface area (Å²) in [7, 11) is 0. The van der Waals surface area contributed by atoms with Gasteiger partial charge in [0.15, 0.2) is 5.76 Å². The largest absolute Gasteiger partial charge is 0.492 e. The number of aromatic nitrogens is 1. The number of fused-ring (bicyclic) bond motifs is 1. The second-order valence-corrected chi connectivity index (χ2v) is 8.33. The Kier molecular flexibility index (Phi) is 6.39. The molecule has 0 radical (unpaired) electrons. The van der Waals surface area contributed by atoms with E-state index in [4.69, 9.17) is 20.9 Å². The molecular formula is C22H19BrClFN2O3. The summed E-state index contributed by atoms with van der Waals surface area (Å²) in [5.74, 6) is 1.12. The molecule has 156 valence electrons. The average molecular weight is 494 g/mol. The number of ether oxygens (including phenoxy) is 1.